The number of carbonyl (C=O) groups is 1. The van der Waals surface area contributed by atoms with Crippen molar-refractivity contribution in [2.45, 2.75) is 18.9 Å². The van der Waals surface area contributed by atoms with Crippen LogP contribution in [-0.4, -0.2) is 61.6 Å². The Morgan fingerprint density at radius 1 is 1.32 bits per heavy atom. The number of amides is 1. The third-order valence-corrected chi connectivity index (χ3v) is 4.65. The lowest BCUT2D eigenvalue weighted by molar-refractivity contribution is -0.130. The number of aryl methyl sites for hydroxylation is 1. The molecular weight excluding hydrogens is 283 g/mol. The summed E-state index contributed by atoms with van der Waals surface area (Å²) >= 11 is 0. The first-order valence-corrected chi connectivity index (χ1v) is 7.95. The molecule has 2 aliphatic heterocycles. The van der Waals surface area contributed by atoms with E-state index in [1.165, 1.54) is 6.07 Å². The fourth-order valence-electron chi connectivity index (χ4n) is 3.36. The number of halogens is 1. The van der Waals surface area contributed by atoms with Gasteiger partial charge in [-0.05, 0) is 25.1 Å². The molecule has 0 radical (unpaired) electrons. The molecule has 2 heterocycles. The largest absolute Gasteiger partial charge is 0.375 e. The first-order valence-electron chi connectivity index (χ1n) is 7.95. The van der Waals surface area contributed by atoms with E-state index in [-0.39, 0.29) is 17.8 Å². The molecule has 3 rings (SSSR count). The molecule has 0 aromatic heterocycles. The number of likely N-dealkylation sites (N-methyl/N-ethyl adjacent to an activating group) is 1. The number of fused-ring (bicyclic) bond motifs is 1. The molecule has 2 atom stereocenters. The number of hydrogen-bond donors (Lipinski definition) is 0. The molecule has 22 heavy (non-hydrogen) atoms. The summed E-state index contributed by atoms with van der Waals surface area (Å²) in [4.78, 5) is 16.5. The predicted molar refractivity (Wildman–Crippen MR) is 82.0 cm³/mol. The van der Waals surface area contributed by atoms with Crippen LogP contribution in [-0.2, 0) is 16.0 Å². The third kappa shape index (κ3) is 3.47. The van der Waals surface area contributed by atoms with Crippen molar-refractivity contribution >= 4 is 5.91 Å². The van der Waals surface area contributed by atoms with Gasteiger partial charge < -0.3 is 14.5 Å². The number of carbonyl (C=O) groups excluding carboxylic acids is 1. The molecule has 0 spiro atoms. The van der Waals surface area contributed by atoms with Crippen molar-refractivity contribution in [1.29, 1.82) is 0 Å². The molecule has 5 heteroatoms. The molecule has 0 N–H and O–H groups in total. The molecule has 0 bridgehead atoms. The maximum absolute atomic E-state index is 13.6. The summed E-state index contributed by atoms with van der Waals surface area (Å²) in [7, 11) is 2.09. The Bertz CT molecular complexity index is 537. The van der Waals surface area contributed by atoms with Gasteiger partial charge in [-0.15, -0.1) is 0 Å². The second-order valence-electron chi connectivity index (χ2n) is 6.32. The minimum absolute atomic E-state index is 0.0996. The molecule has 120 valence electrons. The number of likely N-dealkylation sites (tertiary alicyclic amines) is 1. The maximum Gasteiger partial charge on any atom is 0.223 e. The number of benzene rings is 1. The van der Waals surface area contributed by atoms with Crippen molar-refractivity contribution in [2.24, 2.45) is 5.92 Å². The van der Waals surface area contributed by atoms with Gasteiger partial charge in [0.25, 0.3) is 0 Å². The third-order valence-electron chi connectivity index (χ3n) is 4.65. The smallest absolute Gasteiger partial charge is 0.223 e. The van der Waals surface area contributed by atoms with E-state index in [4.69, 9.17) is 4.74 Å². The molecule has 2 saturated heterocycles. The van der Waals surface area contributed by atoms with Gasteiger partial charge in [0.1, 0.15) is 5.82 Å². The molecular formula is C17H23FN2O2. The molecule has 1 amide bonds. The first-order chi connectivity index (χ1) is 10.6. The normalized spacial score (nSPS) is 25.8. The fourth-order valence-corrected chi connectivity index (χ4v) is 3.36. The Balaban J connectivity index is 1.54. The molecule has 0 unspecified atom stereocenters. The Hall–Kier alpha value is -1.46. The minimum atomic E-state index is -0.230. The van der Waals surface area contributed by atoms with Gasteiger partial charge in [0, 0.05) is 38.5 Å². The molecule has 1 aromatic carbocycles. The van der Waals surface area contributed by atoms with Crippen molar-refractivity contribution in [3.8, 4) is 0 Å². The van der Waals surface area contributed by atoms with Crippen LogP contribution >= 0.6 is 0 Å². The molecule has 4 nitrogen and oxygen atoms in total. The van der Waals surface area contributed by atoms with Crippen molar-refractivity contribution < 1.29 is 13.9 Å². The van der Waals surface area contributed by atoms with Crippen molar-refractivity contribution in [3.05, 3.63) is 35.6 Å². The Morgan fingerprint density at radius 3 is 2.95 bits per heavy atom. The summed E-state index contributed by atoms with van der Waals surface area (Å²) in [5.74, 6) is 0.263. The van der Waals surface area contributed by atoms with Crippen LogP contribution in [0.15, 0.2) is 24.3 Å². The van der Waals surface area contributed by atoms with Gasteiger partial charge >= 0.3 is 0 Å². The van der Waals surface area contributed by atoms with E-state index in [0.717, 1.165) is 26.2 Å². The highest BCUT2D eigenvalue weighted by atomic mass is 19.1. The average Bonchev–Trinajstić information content (AvgIpc) is 2.81. The van der Waals surface area contributed by atoms with Gasteiger partial charge in [-0.25, -0.2) is 4.39 Å². The second-order valence-corrected chi connectivity index (χ2v) is 6.32. The molecule has 0 aliphatic carbocycles. The Labute approximate surface area is 130 Å². The monoisotopic (exact) mass is 306 g/mol. The number of hydrogen-bond acceptors (Lipinski definition) is 3. The van der Waals surface area contributed by atoms with Crippen LogP contribution in [0.25, 0.3) is 0 Å². The van der Waals surface area contributed by atoms with Gasteiger partial charge in [0.05, 0.1) is 12.7 Å². The van der Waals surface area contributed by atoms with Crippen LogP contribution in [0, 0.1) is 11.7 Å². The lowest BCUT2D eigenvalue weighted by atomic mass is 10.1. The fraction of sp³-hybridized carbons (Fsp3) is 0.588. The predicted octanol–water partition coefficient (Wildman–Crippen LogP) is 1.55. The first kappa shape index (κ1) is 15.4. The van der Waals surface area contributed by atoms with E-state index in [2.05, 4.69) is 11.9 Å². The van der Waals surface area contributed by atoms with Crippen molar-refractivity contribution in [1.82, 2.24) is 9.80 Å². The van der Waals surface area contributed by atoms with Gasteiger partial charge in [-0.3, -0.25) is 4.79 Å². The van der Waals surface area contributed by atoms with E-state index in [1.54, 1.807) is 18.2 Å². The highest BCUT2D eigenvalue weighted by molar-refractivity contribution is 5.76. The van der Waals surface area contributed by atoms with E-state index in [9.17, 15) is 9.18 Å². The van der Waals surface area contributed by atoms with E-state index in [1.807, 2.05) is 4.90 Å². The van der Waals surface area contributed by atoms with Gasteiger partial charge in [-0.1, -0.05) is 18.2 Å². The molecule has 2 fully saturated rings. The number of nitrogens with zero attached hydrogens (tertiary/aromatic N) is 2. The number of ether oxygens (including phenoxy) is 1. The van der Waals surface area contributed by atoms with Crippen LogP contribution < -0.4 is 0 Å². The lowest BCUT2D eigenvalue weighted by Gasteiger charge is -2.19. The maximum atomic E-state index is 13.6. The minimum Gasteiger partial charge on any atom is -0.375 e. The van der Waals surface area contributed by atoms with Gasteiger partial charge in [0.2, 0.25) is 5.91 Å². The zero-order chi connectivity index (χ0) is 15.5. The van der Waals surface area contributed by atoms with E-state index >= 15 is 0 Å². The van der Waals surface area contributed by atoms with E-state index < -0.39 is 0 Å². The summed E-state index contributed by atoms with van der Waals surface area (Å²) in [5, 5.41) is 0. The van der Waals surface area contributed by atoms with E-state index in [0.29, 0.717) is 30.9 Å². The summed E-state index contributed by atoms with van der Waals surface area (Å²) in [6.45, 7) is 4.09. The molecule has 0 saturated carbocycles. The van der Waals surface area contributed by atoms with Crippen molar-refractivity contribution in [2.75, 3.05) is 39.8 Å². The van der Waals surface area contributed by atoms with Gasteiger partial charge in [-0.2, -0.15) is 0 Å². The number of rotatable bonds is 3. The van der Waals surface area contributed by atoms with Crippen LogP contribution in [0.4, 0.5) is 4.39 Å². The summed E-state index contributed by atoms with van der Waals surface area (Å²) in [6.07, 6.45) is 0.969. The summed E-state index contributed by atoms with van der Waals surface area (Å²) in [5.41, 5.74) is 0.611. The highest BCUT2D eigenvalue weighted by Gasteiger charge is 2.37. The van der Waals surface area contributed by atoms with Crippen LogP contribution in [0.5, 0.6) is 0 Å². The zero-order valence-corrected chi connectivity index (χ0v) is 13.0. The van der Waals surface area contributed by atoms with Crippen LogP contribution in [0.2, 0.25) is 0 Å². The molecule has 2 aliphatic rings. The summed E-state index contributed by atoms with van der Waals surface area (Å²) < 4.78 is 19.5. The van der Waals surface area contributed by atoms with Crippen LogP contribution in [0.3, 0.4) is 0 Å². The second kappa shape index (κ2) is 6.75. The standard InChI is InChI=1S/C17H23FN2O2/c1-19-8-9-22-16-12-20(11-14(16)10-19)17(21)7-6-13-4-2-3-5-15(13)18/h2-5,14,16H,6-12H2,1H3/t14-,16+/m0/s1. The average molecular weight is 306 g/mol. The van der Waals surface area contributed by atoms with Gasteiger partial charge in [0.15, 0.2) is 0 Å². The Morgan fingerprint density at radius 2 is 2.14 bits per heavy atom. The highest BCUT2D eigenvalue weighted by Crippen LogP contribution is 2.24. The quantitative estimate of drug-likeness (QED) is 0.849. The van der Waals surface area contributed by atoms with Crippen molar-refractivity contribution in [3.63, 3.8) is 0 Å². The topological polar surface area (TPSA) is 32.8 Å². The van der Waals surface area contributed by atoms with Crippen LogP contribution in [0.1, 0.15) is 12.0 Å². The lowest BCUT2D eigenvalue weighted by Crippen LogP contribution is -2.32. The molecule has 1 aromatic rings. The summed E-state index contributed by atoms with van der Waals surface area (Å²) in [6, 6.07) is 6.66. The Kier molecular flexibility index (Phi) is 4.74. The zero-order valence-electron chi connectivity index (χ0n) is 13.0. The SMILES string of the molecule is CN1CCO[C@@H]2CN(C(=O)CCc3ccccc3F)C[C@@H]2C1.